The molecular formula is C11H16ClNO. The number of nitrogens with two attached hydrogens (primary N) is 1. The molecule has 0 aliphatic rings. The summed E-state index contributed by atoms with van der Waals surface area (Å²) in [5.41, 5.74) is 6.98. The molecule has 0 spiro atoms. The molecule has 0 saturated heterocycles. The number of rotatable bonds is 4. The van der Waals surface area contributed by atoms with Crippen LogP contribution in [0.4, 0.5) is 0 Å². The molecule has 1 aromatic carbocycles. The van der Waals surface area contributed by atoms with Gasteiger partial charge in [-0.05, 0) is 24.1 Å². The number of ether oxygens (including phenoxy) is 1. The summed E-state index contributed by atoms with van der Waals surface area (Å²) in [5.74, 6) is 0. The molecule has 0 radical (unpaired) electrons. The van der Waals surface area contributed by atoms with Crippen molar-refractivity contribution in [3.63, 3.8) is 0 Å². The molecular weight excluding hydrogens is 198 g/mol. The summed E-state index contributed by atoms with van der Waals surface area (Å²) in [4.78, 5) is 0. The van der Waals surface area contributed by atoms with Crippen LogP contribution >= 0.6 is 11.6 Å². The van der Waals surface area contributed by atoms with Crippen LogP contribution in [0.5, 0.6) is 0 Å². The first-order valence-electron chi connectivity index (χ1n) is 4.72. The molecule has 0 aliphatic heterocycles. The van der Waals surface area contributed by atoms with Gasteiger partial charge >= 0.3 is 0 Å². The fourth-order valence-corrected chi connectivity index (χ4v) is 1.65. The Labute approximate surface area is 90.0 Å². The maximum atomic E-state index is 5.94. The van der Waals surface area contributed by atoms with Crippen LogP contribution < -0.4 is 5.73 Å². The molecule has 0 aliphatic carbocycles. The van der Waals surface area contributed by atoms with Crippen molar-refractivity contribution in [3.05, 3.63) is 34.9 Å². The fraction of sp³-hybridized carbons (Fsp3) is 0.455. The molecule has 0 bridgehead atoms. The Bertz CT molecular complexity index is 290. The van der Waals surface area contributed by atoms with E-state index < -0.39 is 0 Å². The minimum absolute atomic E-state index is 0.0125. The zero-order chi connectivity index (χ0) is 10.6. The highest BCUT2D eigenvalue weighted by molar-refractivity contribution is 6.30. The van der Waals surface area contributed by atoms with Crippen LogP contribution in [0, 0.1) is 0 Å². The molecule has 0 fully saturated rings. The number of methoxy groups -OCH3 is 1. The van der Waals surface area contributed by atoms with Crippen molar-refractivity contribution < 1.29 is 4.74 Å². The largest absolute Gasteiger partial charge is 0.375 e. The smallest absolute Gasteiger partial charge is 0.0972 e. The molecule has 0 heterocycles. The molecule has 14 heavy (non-hydrogen) atoms. The first kappa shape index (κ1) is 11.5. The van der Waals surface area contributed by atoms with Crippen LogP contribution in [0.2, 0.25) is 5.02 Å². The lowest BCUT2D eigenvalue weighted by Crippen LogP contribution is -2.28. The maximum Gasteiger partial charge on any atom is 0.0972 e. The van der Waals surface area contributed by atoms with E-state index in [9.17, 15) is 0 Å². The second kappa shape index (κ2) is 5.35. The zero-order valence-corrected chi connectivity index (χ0v) is 9.29. The van der Waals surface area contributed by atoms with Crippen LogP contribution in [0.1, 0.15) is 25.0 Å². The monoisotopic (exact) mass is 213 g/mol. The van der Waals surface area contributed by atoms with Crippen molar-refractivity contribution in [2.24, 2.45) is 5.73 Å². The van der Waals surface area contributed by atoms with Gasteiger partial charge < -0.3 is 10.5 Å². The molecule has 1 aromatic rings. The molecule has 0 amide bonds. The van der Waals surface area contributed by atoms with E-state index in [1.165, 1.54) is 0 Å². The topological polar surface area (TPSA) is 35.2 Å². The van der Waals surface area contributed by atoms with Gasteiger partial charge in [0.15, 0.2) is 0 Å². The Morgan fingerprint density at radius 2 is 2.21 bits per heavy atom. The second-order valence-corrected chi connectivity index (χ2v) is 3.72. The average Bonchev–Trinajstić information content (AvgIpc) is 2.19. The quantitative estimate of drug-likeness (QED) is 0.835. The maximum absolute atomic E-state index is 5.94. The first-order valence-corrected chi connectivity index (χ1v) is 5.10. The zero-order valence-electron chi connectivity index (χ0n) is 8.53. The molecule has 78 valence electrons. The van der Waals surface area contributed by atoms with Gasteiger partial charge in [-0.1, -0.05) is 30.7 Å². The van der Waals surface area contributed by atoms with E-state index in [4.69, 9.17) is 22.1 Å². The van der Waals surface area contributed by atoms with Crippen molar-refractivity contribution in [2.75, 3.05) is 7.11 Å². The Morgan fingerprint density at radius 1 is 1.50 bits per heavy atom. The molecule has 2 unspecified atom stereocenters. The predicted molar refractivity (Wildman–Crippen MR) is 59.5 cm³/mol. The van der Waals surface area contributed by atoms with Crippen LogP contribution in [0.3, 0.4) is 0 Å². The Kier molecular flexibility index (Phi) is 4.39. The van der Waals surface area contributed by atoms with Crippen LogP contribution in [0.25, 0.3) is 0 Å². The molecule has 3 heteroatoms. The Hall–Kier alpha value is -0.570. The standard InChI is InChI=1S/C11H16ClNO/c1-3-10(13)11(14-2)8-5-4-6-9(12)7-8/h4-7,10-11H,3,13H2,1-2H3. The number of halogens is 1. The van der Waals surface area contributed by atoms with E-state index in [1.54, 1.807) is 7.11 Å². The second-order valence-electron chi connectivity index (χ2n) is 3.28. The van der Waals surface area contributed by atoms with Crippen LogP contribution in [0.15, 0.2) is 24.3 Å². The van der Waals surface area contributed by atoms with Crippen LogP contribution in [-0.4, -0.2) is 13.2 Å². The van der Waals surface area contributed by atoms with Gasteiger partial charge in [0.2, 0.25) is 0 Å². The van der Waals surface area contributed by atoms with Gasteiger partial charge in [-0.3, -0.25) is 0 Å². The van der Waals surface area contributed by atoms with E-state index in [1.807, 2.05) is 31.2 Å². The van der Waals surface area contributed by atoms with Gasteiger partial charge in [-0.2, -0.15) is 0 Å². The minimum atomic E-state index is -0.0706. The SMILES string of the molecule is CCC(N)C(OC)c1cccc(Cl)c1. The molecule has 0 saturated carbocycles. The highest BCUT2D eigenvalue weighted by Crippen LogP contribution is 2.23. The highest BCUT2D eigenvalue weighted by Gasteiger charge is 2.17. The van der Waals surface area contributed by atoms with Crippen molar-refractivity contribution >= 4 is 11.6 Å². The molecule has 1 rings (SSSR count). The van der Waals surface area contributed by atoms with E-state index >= 15 is 0 Å². The lowest BCUT2D eigenvalue weighted by molar-refractivity contribution is 0.0791. The molecule has 2 atom stereocenters. The molecule has 2 nitrogen and oxygen atoms in total. The molecule has 2 N–H and O–H groups in total. The number of hydrogen-bond donors (Lipinski definition) is 1. The third kappa shape index (κ3) is 2.71. The summed E-state index contributed by atoms with van der Waals surface area (Å²) in [6, 6.07) is 7.64. The predicted octanol–water partition coefficient (Wildman–Crippen LogP) is 2.76. The minimum Gasteiger partial charge on any atom is -0.375 e. The Morgan fingerprint density at radius 3 is 2.71 bits per heavy atom. The lowest BCUT2D eigenvalue weighted by Gasteiger charge is -2.21. The fourth-order valence-electron chi connectivity index (χ4n) is 1.46. The van der Waals surface area contributed by atoms with Gasteiger partial charge in [0.1, 0.15) is 0 Å². The summed E-state index contributed by atoms with van der Waals surface area (Å²) in [7, 11) is 1.67. The Balaban J connectivity index is 2.89. The van der Waals surface area contributed by atoms with Gasteiger partial charge in [-0.15, -0.1) is 0 Å². The highest BCUT2D eigenvalue weighted by atomic mass is 35.5. The van der Waals surface area contributed by atoms with Crippen molar-refractivity contribution in [2.45, 2.75) is 25.5 Å². The van der Waals surface area contributed by atoms with Gasteiger partial charge in [-0.25, -0.2) is 0 Å². The van der Waals surface area contributed by atoms with E-state index in [0.29, 0.717) is 5.02 Å². The van der Waals surface area contributed by atoms with E-state index in [2.05, 4.69) is 0 Å². The van der Waals surface area contributed by atoms with Crippen LogP contribution in [-0.2, 0) is 4.74 Å². The summed E-state index contributed by atoms with van der Waals surface area (Å²) < 4.78 is 5.36. The van der Waals surface area contributed by atoms with Gasteiger partial charge in [0, 0.05) is 18.2 Å². The summed E-state index contributed by atoms with van der Waals surface area (Å²) in [5, 5.41) is 0.716. The first-order chi connectivity index (χ1) is 6.69. The lowest BCUT2D eigenvalue weighted by atomic mass is 10.0. The third-order valence-electron chi connectivity index (χ3n) is 2.29. The normalized spacial score (nSPS) is 15.1. The van der Waals surface area contributed by atoms with Crippen molar-refractivity contribution in [3.8, 4) is 0 Å². The summed E-state index contributed by atoms with van der Waals surface area (Å²) >= 11 is 5.90. The van der Waals surface area contributed by atoms with Gasteiger partial charge in [0.05, 0.1) is 6.10 Å². The summed E-state index contributed by atoms with van der Waals surface area (Å²) in [6.45, 7) is 2.04. The van der Waals surface area contributed by atoms with Crippen molar-refractivity contribution in [1.82, 2.24) is 0 Å². The number of hydrogen-bond acceptors (Lipinski definition) is 2. The summed E-state index contributed by atoms with van der Waals surface area (Å²) in [6.07, 6.45) is 0.809. The average molecular weight is 214 g/mol. The van der Waals surface area contributed by atoms with E-state index in [0.717, 1.165) is 12.0 Å². The number of benzene rings is 1. The third-order valence-corrected chi connectivity index (χ3v) is 2.53. The van der Waals surface area contributed by atoms with Gasteiger partial charge in [0.25, 0.3) is 0 Å². The van der Waals surface area contributed by atoms with E-state index in [-0.39, 0.29) is 12.1 Å². The molecule has 0 aromatic heterocycles. The van der Waals surface area contributed by atoms with Crippen molar-refractivity contribution in [1.29, 1.82) is 0 Å².